The molecule has 0 aliphatic carbocycles. The van der Waals surface area contributed by atoms with Crippen molar-refractivity contribution in [2.45, 2.75) is 13.2 Å². The van der Waals surface area contributed by atoms with E-state index in [0.29, 0.717) is 34.7 Å². The van der Waals surface area contributed by atoms with Crippen molar-refractivity contribution in [2.75, 3.05) is 12.4 Å². The van der Waals surface area contributed by atoms with Gasteiger partial charge in [-0.25, -0.2) is 0 Å². The van der Waals surface area contributed by atoms with Crippen LogP contribution in [-0.2, 0) is 13.2 Å². The Kier molecular flexibility index (Phi) is 6.32. The lowest BCUT2D eigenvalue weighted by Crippen LogP contribution is -2.03. The van der Waals surface area contributed by atoms with Crippen molar-refractivity contribution in [2.24, 2.45) is 0 Å². The Balaban J connectivity index is 1.51. The summed E-state index contributed by atoms with van der Waals surface area (Å²) in [7, 11) is 1.62. The highest BCUT2D eigenvalue weighted by Crippen LogP contribution is 2.35. The van der Waals surface area contributed by atoms with Gasteiger partial charge in [-0.15, -0.1) is 0 Å². The number of fused-ring (bicyclic) bond motifs is 1. The first-order chi connectivity index (χ1) is 14.6. The molecule has 0 saturated carbocycles. The summed E-state index contributed by atoms with van der Waals surface area (Å²) in [6, 6.07) is 25.8. The molecule has 0 spiro atoms. The number of benzene rings is 4. The molecule has 0 heterocycles. The molecule has 0 fully saturated rings. The molecule has 3 nitrogen and oxygen atoms in total. The maximum absolute atomic E-state index is 6.55. The van der Waals surface area contributed by atoms with E-state index < -0.39 is 0 Å². The number of hydrogen-bond acceptors (Lipinski definition) is 3. The highest BCUT2D eigenvalue weighted by molar-refractivity contribution is 6.31. The molecule has 0 amide bonds. The lowest BCUT2D eigenvalue weighted by molar-refractivity contribution is 0.284. The average molecular weight is 438 g/mol. The number of anilines is 1. The molecule has 0 aromatic heterocycles. The van der Waals surface area contributed by atoms with Gasteiger partial charge in [-0.3, -0.25) is 0 Å². The number of ether oxygens (including phenoxy) is 2. The lowest BCUT2D eigenvalue weighted by atomic mass is 10.1. The molecule has 4 rings (SSSR count). The molecule has 0 atom stereocenters. The van der Waals surface area contributed by atoms with Gasteiger partial charge < -0.3 is 14.8 Å². The Morgan fingerprint density at radius 1 is 0.833 bits per heavy atom. The van der Waals surface area contributed by atoms with Crippen LogP contribution in [0.1, 0.15) is 11.1 Å². The highest BCUT2D eigenvalue weighted by Gasteiger charge is 2.12. The van der Waals surface area contributed by atoms with E-state index in [0.717, 1.165) is 16.8 Å². The summed E-state index contributed by atoms with van der Waals surface area (Å²) in [5.74, 6) is 1.23. The van der Waals surface area contributed by atoms with Crippen LogP contribution in [0.25, 0.3) is 10.8 Å². The lowest BCUT2D eigenvalue weighted by Gasteiger charge is -2.15. The third kappa shape index (κ3) is 4.64. The molecular weight excluding hydrogens is 417 g/mol. The number of hydrogen-bond donors (Lipinski definition) is 1. The van der Waals surface area contributed by atoms with Gasteiger partial charge in [-0.1, -0.05) is 71.7 Å². The summed E-state index contributed by atoms with van der Waals surface area (Å²) in [4.78, 5) is 0. The van der Waals surface area contributed by atoms with Gasteiger partial charge in [0, 0.05) is 33.7 Å². The van der Waals surface area contributed by atoms with Crippen LogP contribution in [0.4, 0.5) is 5.69 Å². The normalized spacial score (nSPS) is 10.8. The quantitative estimate of drug-likeness (QED) is 0.327. The predicted octanol–water partition coefficient (Wildman–Crippen LogP) is 7.35. The summed E-state index contributed by atoms with van der Waals surface area (Å²) in [6.45, 7) is 0.943. The molecule has 5 heteroatoms. The Morgan fingerprint density at radius 3 is 2.47 bits per heavy atom. The molecule has 0 radical (unpaired) electrons. The summed E-state index contributed by atoms with van der Waals surface area (Å²) < 4.78 is 11.5. The van der Waals surface area contributed by atoms with Gasteiger partial charge in [0.1, 0.15) is 6.61 Å². The number of halogens is 2. The van der Waals surface area contributed by atoms with Crippen molar-refractivity contribution in [1.29, 1.82) is 0 Å². The van der Waals surface area contributed by atoms with Crippen LogP contribution in [0.15, 0.2) is 78.9 Å². The molecule has 0 aliphatic heterocycles. The van der Waals surface area contributed by atoms with Gasteiger partial charge in [0.25, 0.3) is 0 Å². The van der Waals surface area contributed by atoms with E-state index >= 15 is 0 Å². The van der Waals surface area contributed by atoms with Crippen molar-refractivity contribution >= 4 is 39.7 Å². The summed E-state index contributed by atoms with van der Waals surface area (Å²) in [5.41, 5.74) is 2.96. The third-order valence-electron chi connectivity index (χ3n) is 4.87. The van der Waals surface area contributed by atoms with Crippen molar-refractivity contribution in [3.05, 3.63) is 100 Å². The van der Waals surface area contributed by atoms with Gasteiger partial charge in [0.2, 0.25) is 0 Å². The van der Waals surface area contributed by atoms with Gasteiger partial charge in [-0.2, -0.15) is 0 Å². The largest absolute Gasteiger partial charge is 0.493 e. The molecule has 0 bridgehead atoms. The molecule has 0 aliphatic rings. The Bertz CT molecular complexity index is 1170. The summed E-state index contributed by atoms with van der Waals surface area (Å²) >= 11 is 12.6. The van der Waals surface area contributed by atoms with Gasteiger partial charge in [0.05, 0.1) is 7.11 Å². The van der Waals surface area contributed by atoms with Crippen LogP contribution in [0, 0.1) is 0 Å². The van der Waals surface area contributed by atoms with E-state index in [1.165, 1.54) is 10.8 Å². The van der Waals surface area contributed by atoms with Crippen molar-refractivity contribution in [3.8, 4) is 11.5 Å². The highest BCUT2D eigenvalue weighted by atomic mass is 35.5. The predicted molar refractivity (Wildman–Crippen MR) is 125 cm³/mol. The minimum absolute atomic E-state index is 0.376. The Labute approximate surface area is 186 Å². The minimum atomic E-state index is 0.376. The van der Waals surface area contributed by atoms with Crippen molar-refractivity contribution in [1.82, 2.24) is 0 Å². The fourth-order valence-corrected chi connectivity index (χ4v) is 3.78. The average Bonchev–Trinajstić information content (AvgIpc) is 2.77. The second-order valence-electron chi connectivity index (χ2n) is 6.89. The fourth-order valence-electron chi connectivity index (χ4n) is 3.34. The maximum Gasteiger partial charge on any atom is 0.163 e. The second kappa shape index (κ2) is 9.29. The first-order valence-corrected chi connectivity index (χ1v) is 10.3. The monoisotopic (exact) mass is 437 g/mol. The van der Waals surface area contributed by atoms with E-state index in [1.807, 2.05) is 48.5 Å². The van der Waals surface area contributed by atoms with Crippen LogP contribution in [-0.4, -0.2) is 7.11 Å². The van der Waals surface area contributed by atoms with Crippen LogP contribution in [0.5, 0.6) is 11.5 Å². The number of methoxy groups -OCH3 is 1. The molecule has 4 aromatic rings. The topological polar surface area (TPSA) is 30.5 Å². The molecule has 4 aromatic carbocycles. The molecular formula is C25H21Cl2NO2. The van der Waals surface area contributed by atoms with Crippen LogP contribution >= 0.6 is 23.2 Å². The van der Waals surface area contributed by atoms with E-state index in [9.17, 15) is 0 Å². The Morgan fingerprint density at radius 2 is 1.63 bits per heavy atom. The van der Waals surface area contributed by atoms with Crippen molar-refractivity contribution < 1.29 is 9.47 Å². The van der Waals surface area contributed by atoms with Gasteiger partial charge in [-0.05, 0) is 40.8 Å². The van der Waals surface area contributed by atoms with E-state index in [4.69, 9.17) is 32.7 Å². The number of nitrogens with one attached hydrogen (secondary N) is 1. The smallest absolute Gasteiger partial charge is 0.163 e. The summed E-state index contributed by atoms with van der Waals surface area (Å²) in [6.07, 6.45) is 0. The Hall–Kier alpha value is -2.88. The third-order valence-corrected chi connectivity index (χ3v) is 5.46. The minimum Gasteiger partial charge on any atom is -0.493 e. The van der Waals surface area contributed by atoms with E-state index in [1.54, 1.807) is 13.2 Å². The molecule has 30 heavy (non-hydrogen) atoms. The van der Waals surface area contributed by atoms with Gasteiger partial charge in [0.15, 0.2) is 11.5 Å². The molecule has 152 valence electrons. The second-order valence-corrected chi connectivity index (χ2v) is 7.74. The molecule has 1 N–H and O–H groups in total. The zero-order valence-electron chi connectivity index (χ0n) is 16.5. The van der Waals surface area contributed by atoms with Crippen LogP contribution in [0.3, 0.4) is 0 Å². The first-order valence-electron chi connectivity index (χ1n) is 9.59. The standard InChI is InChI=1S/C25H21Cl2NO2/c1-29-24-13-19(15-28-23-11-5-8-18-7-2-3-10-21(18)23)22(27)14-25(24)30-16-17-6-4-9-20(26)12-17/h2-14,28H,15-16H2,1H3. The fraction of sp³-hybridized carbons (Fsp3) is 0.120. The zero-order chi connectivity index (χ0) is 20.9. The first kappa shape index (κ1) is 20.4. The zero-order valence-corrected chi connectivity index (χ0v) is 18.0. The van der Waals surface area contributed by atoms with E-state index in [-0.39, 0.29) is 0 Å². The van der Waals surface area contributed by atoms with Crippen molar-refractivity contribution in [3.63, 3.8) is 0 Å². The number of rotatable bonds is 7. The molecule has 0 saturated heterocycles. The van der Waals surface area contributed by atoms with Crippen LogP contribution in [0.2, 0.25) is 10.0 Å². The SMILES string of the molecule is COc1cc(CNc2cccc3ccccc23)c(Cl)cc1OCc1cccc(Cl)c1. The molecule has 0 unspecified atom stereocenters. The summed E-state index contributed by atoms with van der Waals surface area (Å²) in [5, 5.41) is 7.14. The maximum atomic E-state index is 6.55. The van der Waals surface area contributed by atoms with Crippen LogP contribution < -0.4 is 14.8 Å². The van der Waals surface area contributed by atoms with E-state index in [2.05, 4.69) is 29.6 Å². The van der Waals surface area contributed by atoms with Gasteiger partial charge >= 0.3 is 0 Å².